The van der Waals surface area contributed by atoms with Crippen molar-refractivity contribution in [3.05, 3.63) is 28.8 Å². The number of amides is 1. The van der Waals surface area contributed by atoms with E-state index in [9.17, 15) is 4.79 Å². The van der Waals surface area contributed by atoms with E-state index < -0.39 is 0 Å². The van der Waals surface area contributed by atoms with Gasteiger partial charge in [-0.15, -0.1) is 0 Å². The lowest BCUT2D eigenvalue weighted by molar-refractivity contribution is 0.0950. The summed E-state index contributed by atoms with van der Waals surface area (Å²) >= 11 is 5.98. The first-order valence-electron chi connectivity index (χ1n) is 7.13. The summed E-state index contributed by atoms with van der Waals surface area (Å²) < 4.78 is 0. The van der Waals surface area contributed by atoms with Gasteiger partial charge in [-0.2, -0.15) is 0 Å². The molecule has 4 nitrogen and oxygen atoms in total. The maximum absolute atomic E-state index is 12.2. The van der Waals surface area contributed by atoms with Crippen molar-refractivity contribution < 1.29 is 4.79 Å². The third kappa shape index (κ3) is 4.12. The second kappa shape index (κ2) is 6.95. The minimum atomic E-state index is -0.0763. The number of likely N-dealkylation sites (N-methyl/N-ethyl adjacent to an activating group) is 1. The van der Waals surface area contributed by atoms with Gasteiger partial charge in [0, 0.05) is 36.4 Å². The van der Waals surface area contributed by atoms with Crippen molar-refractivity contribution in [1.82, 2.24) is 10.2 Å². The lowest BCUT2D eigenvalue weighted by Crippen LogP contribution is -2.34. The van der Waals surface area contributed by atoms with E-state index in [4.69, 9.17) is 11.6 Å². The summed E-state index contributed by atoms with van der Waals surface area (Å²) in [6.45, 7) is 4.31. The van der Waals surface area contributed by atoms with E-state index in [1.165, 1.54) is 12.8 Å². The Morgan fingerprint density at radius 2 is 2.20 bits per heavy atom. The van der Waals surface area contributed by atoms with Gasteiger partial charge in [0.25, 0.3) is 5.91 Å². The second-order valence-corrected chi connectivity index (χ2v) is 5.62. The van der Waals surface area contributed by atoms with Gasteiger partial charge in [-0.05, 0) is 45.0 Å². The molecule has 20 heavy (non-hydrogen) atoms. The summed E-state index contributed by atoms with van der Waals surface area (Å²) in [7, 11) is 2.10. The Bertz CT molecular complexity index is 474. The van der Waals surface area contributed by atoms with Gasteiger partial charge in [0.15, 0.2) is 0 Å². The molecule has 0 saturated heterocycles. The Morgan fingerprint density at radius 3 is 2.85 bits per heavy atom. The minimum absolute atomic E-state index is 0.0763. The van der Waals surface area contributed by atoms with E-state index in [0.29, 0.717) is 17.1 Å². The Labute approximate surface area is 125 Å². The van der Waals surface area contributed by atoms with Crippen molar-refractivity contribution in [2.24, 2.45) is 0 Å². The molecule has 2 N–H and O–H groups in total. The molecule has 1 aromatic carbocycles. The van der Waals surface area contributed by atoms with E-state index in [-0.39, 0.29) is 5.91 Å². The van der Waals surface area contributed by atoms with Crippen molar-refractivity contribution in [3.8, 4) is 0 Å². The predicted octanol–water partition coefficient (Wildman–Crippen LogP) is 2.60. The molecule has 0 aromatic heterocycles. The standard InChI is InChI=1S/C15H22ClN3O/c1-3-17-14-7-4-11(16)10-13(14)15(20)18-8-9-19(2)12-5-6-12/h4,7,10,12,17H,3,5-6,8-9H2,1-2H3,(H,18,20). The number of nitrogens with zero attached hydrogens (tertiary/aromatic N) is 1. The van der Waals surface area contributed by atoms with Gasteiger partial charge >= 0.3 is 0 Å². The number of halogens is 1. The van der Waals surface area contributed by atoms with Crippen molar-refractivity contribution in [2.45, 2.75) is 25.8 Å². The van der Waals surface area contributed by atoms with Crippen molar-refractivity contribution in [3.63, 3.8) is 0 Å². The third-order valence-corrected chi connectivity index (χ3v) is 3.75. The molecule has 0 unspecified atom stereocenters. The Balaban J connectivity index is 1.91. The summed E-state index contributed by atoms with van der Waals surface area (Å²) in [4.78, 5) is 14.5. The SMILES string of the molecule is CCNc1ccc(Cl)cc1C(=O)NCCN(C)C1CC1. The summed E-state index contributed by atoms with van der Waals surface area (Å²) in [5.74, 6) is -0.0763. The highest BCUT2D eigenvalue weighted by Gasteiger charge is 2.25. The zero-order valence-electron chi connectivity index (χ0n) is 12.1. The van der Waals surface area contributed by atoms with Gasteiger partial charge in [0.05, 0.1) is 5.56 Å². The van der Waals surface area contributed by atoms with Crippen LogP contribution >= 0.6 is 11.6 Å². The number of hydrogen-bond acceptors (Lipinski definition) is 3. The van der Waals surface area contributed by atoms with Crippen LogP contribution in [0.3, 0.4) is 0 Å². The number of hydrogen-bond donors (Lipinski definition) is 2. The molecule has 1 fully saturated rings. The van der Waals surface area contributed by atoms with Crippen molar-refractivity contribution in [2.75, 3.05) is 32.0 Å². The van der Waals surface area contributed by atoms with Crippen LogP contribution in [0, 0.1) is 0 Å². The lowest BCUT2D eigenvalue weighted by atomic mass is 10.1. The first-order valence-corrected chi connectivity index (χ1v) is 7.51. The zero-order chi connectivity index (χ0) is 14.5. The largest absolute Gasteiger partial charge is 0.385 e. The number of carbonyl (C=O) groups excluding carboxylic acids is 1. The zero-order valence-corrected chi connectivity index (χ0v) is 12.8. The van der Waals surface area contributed by atoms with Crippen LogP contribution in [0.15, 0.2) is 18.2 Å². The smallest absolute Gasteiger partial charge is 0.253 e. The first kappa shape index (κ1) is 15.1. The van der Waals surface area contributed by atoms with Crippen LogP contribution in [-0.2, 0) is 0 Å². The van der Waals surface area contributed by atoms with Gasteiger partial charge < -0.3 is 15.5 Å². The van der Waals surface area contributed by atoms with Crippen LogP contribution in [0.5, 0.6) is 0 Å². The van der Waals surface area contributed by atoms with E-state index in [1.807, 2.05) is 13.0 Å². The van der Waals surface area contributed by atoms with Crippen LogP contribution in [0.25, 0.3) is 0 Å². The Morgan fingerprint density at radius 1 is 1.45 bits per heavy atom. The summed E-state index contributed by atoms with van der Waals surface area (Å²) in [6.07, 6.45) is 2.56. The molecule has 1 aliphatic carbocycles. The van der Waals surface area contributed by atoms with Crippen LogP contribution in [0.4, 0.5) is 5.69 Å². The van der Waals surface area contributed by atoms with Crippen molar-refractivity contribution >= 4 is 23.2 Å². The summed E-state index contributed by atoms with van der Waals surface area (Å²) in [6, 6.07) is 6.06. The Kier molecular flexibility index (Phi) is 5.26. The highest BCUT2D eigenvalue weighted by Crippen LogP contribution is 2.24. The molecular formula is C15H22ClN3O. The van der Waals surface area contributed by atoms with Crippen LogP contribution in [0.2, 0.25) is 5.02 Å². The first-order chi connectivity index (χ1) is 9.61. The van der Waals surface area contributed by atoms with Gasteiger partial charge in [-0.3, -0.25) is 4.79 Å². The third-order valence-electron chi connectivity index (χ3n) is 3.51. The predicted molar refractivity (Wildman–Crippen MR) is 83.6 cm³/mol. The van der Waals surface area contributed by atoms with E-state index in [0.717, 1.165) is 24.8 Å². The highest BCUT2D eigenvalue weighted by molar-refractivity contribution is 6.31. The lowest BCUT2D eigenvalue weighted by Gasteiger charge is -2.16. The monoisotopic (exact) mass is 295 g/mol. The minimum Gasteiger partial charge on any atom is -0.385 e. The molecule has 0 aliphatic heterocycles. The van der Waals surface area contributed by atoms with Gasteiger partial charge in [0.2, 0.25) is 0 Å². The average molecular weight is 296 g/mol. The molecule has 0 radical (unpaired) electrons. The van der Waals surface area contributed by atoms with Gasteiger partial charge in [-0.25, -0.2) is 0 Å². The number of carbonyl (C=O) groups is 1. The molecule has 0 heterocycles. The summed E-state index contributed by atoms with van der Waals surface area (Å²) in [5.41, 5.74) is 1.43. The van der Waals surface area contributed by atoms with E-state index >= 15 is 0 Å². The maximum atomic E-state index is 12.2. The highest BCUT2D eigenvalue weighted by atomic mass is 35.5. The molecule has 1 aromatic rings. The number of anilines is 1. The summed E-state index contributed by atoms with van der Waals surface area (Å²) in [5, 5.41) is 6.72. The fourth-order valence-electron chi connectivity index (χ4n) is 2.19. The molecule has 1 aliphatic rings. The number of benzene rings is 1. The molecule has 1 saturated carbocycles. The quantitative estimate of drug-likeness (QED) is 0.813. The molecule has 2 rings (SSSR count). The number of rotatable bonds is 7. The van der Waals surface area contributed by atoms with Crippen LogP contribution in [0.1, 0.15) is 30.1 Å². The average Bonchev–Trinajstić information content (AvgIpc) is 3.25. The fourth-order valence-corrected chi connectivity index (χ4v) is 2.36. The number of nitrogens with one attached hydrogen (secondary N) is 2. The molecule has 0 bridgehead atoms. The fraction of sp³-hybridized carbons (Fsp3) is 0.533. The second-order valence-electron chi connectivity index (χ2n) is 5.19. The van der Waals surface area contributed by atoms with E-state index in [2.05, 4.69) is 22.6 Å². The molecule has 0 atom stereocenters. The molecule has 110 valence electrons. The van der Waals surface area contributed by atoms with Gasteiger partial charge in [0.1, 0.15) is 0 Å². The van der Waals surface area contributed by atoms with Gasteiger partial charge in [-0.1, -0.05) is 11.6 Å². The van der Waals surface area contributed by atoms with Crippen LogP contribution in [-0.4, -0.2) is 43.5 Å². The Hall–Kier alpha value is -1.26. The maximum Gasteiger partial charge on any atom is 0.253 e. The van der Waals surface area contributed by atoms with Crippen LogP contribution < -0.4 is 10.6 Å². The van der Waals surface area contributed by atoms with Crippen molar-refractivity contribution in [1.29, 1.82) is 0 Å². The van der Waals surface area contributed by atoms with E-state index in [1.54, 1.807) is 12.1 Å². The molecular weight excluding hydrogens is 274 g/mol. The molecule has 1 amide bonds. The molecule has 0 spiro atoms. The normalized spacial score (nSPS) is 14.4. The molecule has 5 heteroatoms. The topological polar surface area (TPSA) is 44.4 Å².